The molecule has 0 amide bonds. The van der Waals surface area contributed by atoms with Crippen LogP contribution in [-0.4, -0.2) is 74.9 Å². The molecule has 556 valence electrons. The van der Waals surface area contributed by atoms with Gasteiger partial charge in [-0.1, -0.05) is 367 Å². The number of hydrogen-bond donors (Lipinski definition) is 1. The van der Waals surface area contributed by atoms with Gasteiger partial charge in [-0.15, -0.1) is 0 Å². The fraction of sp³-hybridized carbons (Fsp3) is 0.767. The van der Waals surface area contributed by atoms with Gasteiger partial charge in [-0.3, -0.25) is 18.6 Å². The highest BCUT2D eigenvalue weighted by Crippen LogP contribution is 2.43. The molecule has 0 radical (unpaired) electrons. The monoisotopic (exact) mass is 1360 g/mol. The molecule has 0 heterocycles. The molecule has 9 nitrogen and oxygen atoms in total. The molecule has 0 aromatic heterocycles. The minimum absolute atomic E-state index is 0.0249. The highest BCUT2D eigenvalue weighted by Gasteiger charge is 2.27. The molecule has 0 bridgehead atoms. The van der Waals surface area contributed by atoms with Crippen LogP contribution in [-0.2, 0) is 32.7 Å². The van der Waals surface area contributed by atoms with E-state index in [1.54, 1.807) is 0 Å². The molecule has 0 saturated heterocycles. The highest BCUT2D eigenvalue weighted by molar-refractivity contribution is 7.47. The van der Waals surface area contributed by atoms with Gasteiger partial charge in [0.05, 0.1) is 27.7 Å². The van der Waals surface area contributed by atoms with E-state index in [-0.39, 0.29) is 32.0 Å². The van der Waals surface area contributed by atoms with Crippen LogP contribution in [0.4, 0.5) is 0 Å². The summed E-state index contributed by atoms with van der Waals surface area (Å²) in [6.45, 7) is 4.34. The minimum atomic E-state index is -4.41. The fourth-order valence-electron chi connectivity index (χ4n) is 11.6. The number of likely N-dealkylation sites (N-methyl/N-ethyl adjacent to an activating group) is 1. The molecule has 0 aromatic carbocycles. The predicted molar refractivity (Wildman–Crippen MR) is 418 cm³/mol. The van der Waals surface area contributed by atoms with E-state index in [0.29, 0.717) is 17.4 Å². The van der Waals surface area contributed by atoms with Crippen molar-refractivity contribution in [2.45, 2.75) is 380 Å². The Balaban J connectivity index is 3.95. The van der Waals surface area contributed by atoms with Gasteiger partial charge in [0.2, 0.25) is 0 Å². The SMILES string of the molecule is CC/C=C\C/C=C\C/C=C\C/C=C\C/C=C\C/C=C\C/C=C\C/C=C\CCCCCCCCC(=O)OC(COC(=O)CCCCCCCCCCCCCCCCCCCCCCCCCCCCCCC/C=C\CCCCCCCCCC)COP(=O)(O)OCC[N+](C)(C)C. The standard InChI is InChI=1S/C86H154NO8P/c1-6-8-10-12-14-16-18-20-22-24-26-28-30-32-34-36-38-39-40-41-42-43-44-45-46-47-49-50-52-54-56-58-60-62-64-66-68-70-72-74-76-78-85(88)92-82-84(83-94-96(90,91)93-81-80-87(3,4)5)95-86(89)79-77-75-73-71-69-67-65-63-61-59-57-55-53-51-48-37-35-33-31-29-27-25-23-21-19-17-15-13-11-9-7-2/h9,11,15,17,21,23-24,26-27,29,33,35,48,51,55,57,61,63,84H,6-8,10,12-14,16,18-20,22,25,28,30-32,34,36-47,49-50,52-54,56,58-60,62,64-83H2,1-5H3/p+1/b11-9-,17-15-,23-21-,26-24-,29-27-,35-33-,51-48-,57-55-,63-61-. The maximum atomic E-state index is 12.9. The number of phosphoric acid groups is 1. The third-order valence-corrected chi connectivity index (χ3v) is 18.8. The Kier molecular flexibility index (Phi) is 73.2. The maximum Gasteiger partial charge on any atom is 0.472 e. The van der Waals surface area contributed by atoms with Crippen LogP contribution in [0.1, 0.15) is 373 Å². The van der Waals surface area contributed by atoms with E-state index in [4.69, 9.17) is 18.5 Å². The summed E-state index contributed by atoms with van der Waals surface area (Å²) in [7, 11) is 1.47. The van der Waals surface area contributed by atoms with Gasteiger partial charge in [-0.25, -0.2) is 4.57 Å². The Morgan fingerprint density at radius 1 is 0.333 bits per heavy atom. The lowest BCUT2D eigenvalue weighted by Crippen LogP contribution is -2.37. The number of allylic oxidation sites excluding steroid dienone is 18. The molecule has 0 rings (SSSR count). The Morgan fingerprint density at radius 3 is 0.896 bits per heavy atom. The van der Waals surface area contributed by atoms with Crippen LogP contribution in [0.5, 0.6) is 0 Å². The van der Waals surface area contributed by atoms with E-state index in [2.05, 4.69) is 123 Å². The molecular weight excluding hydrogens is 1210 g/mol. The first-order valence-corrected chi connectivity index (χ1v) is 42.1. The second-order valence-corrected chi connectivity index (χ2v) is 29.9. The van der Waals surface area contributed by atoms with Crippen molar-refractivity contribution in [3.63, 3.8) is 0 Å². The van der Waals surface area contributed by atoms with E-state index in [0.717, 1.165) is 109 Å². The zero-order valence-electron chi connectivity index (χ0n) is 63.6. The van der Waals surface area contributed by atoms with Gasteiger partial charge in [0, 0.05) is 12.8 Å². The summed E-state index contributed by atoms with van der Waals surface area (Å²) in [4.78, 5) is 36.0. The summed E-state index contributed by atoms with van der Waals surface area (Å²) in [5.41, 5.74) is 0. The second-order valence-electron chi connectivity index (χ2n) is 28.4. The van der Waals surface area contributed by atoms with Gasteiger partial charge >= 0.3 is 19.8 Å². The Hall–Kier alpha value is -3.33. The molecule has 0 fully saturated rings. The molecule has 2 atom stereocenters. The predicted octanol–water partition coefficient (Wildman–Crippen LogP) is 27.2. The van der Waals surface area contributed by atoms with Gasteiger partial charge in [0.15, 0.2) is 6.10 Å². The third-order valence-electron chi connectivity index (χ3n) is 17.8. The van der Waals surface area contributed by atoms with Crippen molar-refractivity contribution in [1.82, 2.24) is 0 Å². The summed E-state index contributed by atoms with van der Waals surface area (Å²) >= 11 is 0. The summed E-state index contributed by atoms with van der Waals surface area (Å²) in [5.74, 6) is -0.806. The molecule has 96 heavy (non-hydrogen) atoms. The van der Waals surface area contributed by atoms with Crippen LogP contribution in [0.3, 0.4) is 0 Å². The highest BCUT2D eigenvalue weighted by atomic mass is 31.2. The lowest BCUT2D eigenvalue weighted by Gasteiger charge is -2.24. The fourth-order valence-corrected chi connectivity index (χ4v) is 12.4. The lowest BCUT2D eigenvalue weighted by molar-refractivity contribution is -0.870. The first kappa shape index (κ1) is 92.7. The lowest BCUT2D eigenvalue weighted by atomic mass is 10.0. The molecule has 0 saturated carbocycles. The smallest absolute Gasteiger partial charge is 0.462 e. The second kappa shape index (κ2) is 75.9. The van der Waals surface area contributed by atoms with E-state index < -0.39 is 26.5 Å². The molecule has 0 aliphatic carbocycles. The number of unbranched alkanes of at least 4 members (excludes halogenated alkanes) is 43. The molecule has 0 spiro atoms. The molecule has 1 N–H and O–H groups in total. The van der Waals surface area contributed by atoms with Crippen molar-refractivity contribution in [2.75, 3.05) is 47.5 Å². The minimum Gasteiger partial charge on any atom is -0.462 e. The number of nitrogens with zero attached hydrogens (tertiary/aromatic N) is 1. The number of hydrogen-bond acceptors (Lipinski definition) is 7. The van der Waals surface area contributed by atoms with Gasteiger partial charge in [-0.2, -0.15) is 0 Å². The van der Waals surface area contributed by atoms with Crippen molar-refractivity contribution >= 4 is 19.8 Å². The molecule has 0 aromatic rings. The Labute approximate surface area is 595 Å². The topological polar surface area (TPSA) is 108 Å². The number of ether oxygens (including phenoxy) is 2. The van der Waals surface area contributed by atoms with E-state index in [9.17, 15) is 19.0 Å². The number of carbonyl (C=O) groups is 2. The van der Waals surface area contributed by atoms with Crippen molar-refractivity contribution in [3.05, 3.63) is 109 Å². The average molecular weight is 1360 g/mol. The largest absolute Gasteiger partial charge is 0.472 e. The van der Waals surface area contributed by atoms with E-state index in [1.165, 1.54) is 231 Å². The number of esters is 2. The van der Waals surface area contributed by atoms with Crippen LogP contribution in [0, 0.1) is 0 Å². The van der Waals surface area contributed by atoms with Crippen molar-refractivity contribution < 1.29 is 42.1 Å². The molecule has 10 heteroatoms. The van der Waals surface area contributed by atoms with Gasteiger partial charge in [0.1, 0.15) is 19.8 Å². The van der Waals surface area contributed by atoms with Crippen LogP contribution in [0.25, 0.3) is 0 Å². The van der Waals surface area contributed by atoms with Gasteiger partial charge in [0.25, 0.3) is 0 Å². The molecular formula is C86H155NO8P+. The Bertz CT molecular complexity index is 1990. The van der Waals surface area contributed by atoms with Crippen LogP contribution >= 0.6 is 7.82 Å². The number of quaternary nitrogens is 1. The normalized spacial score (nSPS) is 13.6. The van der Waals surface area contributed by atoms with Crippen LogP contribution < -0.4 is 0 Å². The van der Waals surface area contributed by atoms with Crippen LogP contribution in [0.15, 0.2) is 109 Å². The summed E-state index contributed by atoms with van der Waals surface area (Å²) in [6.07, 6.45) is 108. The van der Waals surface area contributed by atoms with Crippen molar-refractivity contribution in [3.8, 4) is 0 Å². The molecule has 0 aliphatic rings. The third kappa shape index (κ3) is 79.7. The zero-order chi connectivity index (χ0) is 69.7. The summed E-state index contributed by atoms with van der Waals surface area (Å²) in [6, 6.07) is 0. The quantitative estimate of drug-likeness (QED) is 0.0211. The number of carbonyl (C=O) groups excluding carboxylic acids is 2. The van der Waals surface area contributed by atoms with Gasteiger partial charge in [-0.05, 0) is 103 Å². The van der Waals surface area contributed by atoms with Crippen molar-refractivity contribution in [1.29, 1.82) is 0 Å². The summed E-state index contributed by atoms with van der Waals surface area (Å²) < 4.78 is 34.8. The number of phosphoric ester groups is 1. The van der Waals surface area contributed by atoms with Crippen LogP contribution in [0.2, 0.25) is 0 Å². The summed E-state index contributed by atoms with van der Waals surface area (Å²) in [5, 5.41) is 0. The molecule has 2 unspecified atom stereocenters. The molecule has 0 aliphatic heterocycles. The average Bonchev–Trinajstić information content (AvgIpc) is 1.97. The van der Waals surface area contributed by atoms with Crippen molar-refractivity contribution in [2.24, 2.45) is 0 Å². The zero-order valence-corrected chi connectivity index (χ0v) is 64.5. The first-order valence-electron chi connectivity index (χ1n) is 40.6. The first-order chi connectivity index (χ1) is 47.0. The number of rotatable bonds is 75. The van der Waals surface area contributed by atoms with E-state index in [1.807, 2.05) is 21.1 Å². The van der Waals surface area contributed by atoms with Gasteiger partial charge < -0.3 is 18.9 Å². The maximum absolute atomic E-state index is 12.9. The van der Waals surface area contributed by atoms with E-state index >= 15 is 0 Å². The Morgan fingerprint density at radius 2 is 0.594 bits per heavy atom.